The van der Waals surface area contributed by atoms with Gasteiger partial charge in [0, 0.05) is 11.8 Å². The van der Waals surface area contributed by atoms with Crippen molar-refractivity contribution in [3.05, 3.63) is 22.8 Å². The van der Waals surface area contributed by atoms with E-state index in [1.54, 1.807) is 6.07 Å². The number of pyridine rings is 1. The molecule has 0 spiro atoms. The summed E-state index contributed by atoms with van der Waals surface area (Å²) in [4.78, 5) is 4.04. The molecule has 4 nitrogen and oxygen atoms in total. The zero-order valence-corrected chi connectivity index (χ0v) is 10.2. The molecular formula is C11H16ClN3O. The number of amidine groups is 1. The molecule has 1 heterocycles. The quantitative estimate of drug-likeness (QED) is 0.615. The van der Waals surface area contributed by atoms with Crippen molar-refractivity contribution in [1.29, 1.82) is 5.41 Å². The van der Waals surface area contributed by atoms with Crippen molar-refractivity contribution >= 4 is 17.4 Å². The van der Waals surface area contributed by atoms with Gasteiger partial charge in [0.15, 0.2) is 0 Å². The monoisotopic (exact) mass is 241 g/mol. The maximum atomic E-state index is 7.35. The molecule has 1 aromatic heterocycles. The van der Waals surface area contributed by atoms with E-state index in [1.165, 1.54) is 6.20 Å². The average Bonchev–Trinajstić information content (AvgIpc) is 2.21. The molecule has 1 unspecified atom stereocenters. The number of ether oxygens (including phenoxy) is 1. The summed E-state index contributed by atoms with van der Waals surface area (Å²) in [5, 5.41) is 7.65. The van der Waals surface area contributed by atoms with E-state index in [1.807, 2.05) is 6.92 Å². The molecule has 0 aliphatic carbocycles. The van der Waals surface area contributed by atoms with Crippen molar-refractivity contribution in [1.82, 2.24) is 4.98 Å². The molecule has 0 fully saturated rings. The minimum absolute atomic E-state index is 0.0530. The Morgan fingerprint density at radius 3 is 2.94 bits per heavy atom. The number of nitrogens with one attached hydrogen (secondary N) is 1. The Bertz CT molecular complexity index is 381. The van der Waals surface area contributed by atoms with E-state index in [4.69, 9.17) is 27.5 Å². The summed E-state index contributed by atoms with van der Waals surface area (Å²) < 4.78 is 5.58. The number of hydrogen-bond acceptors (Lipinski definition) is 3. The fourth-order valence-electron chi connectivity index (χ4n) is 1.37. The molecule has 16 heavy (non-hydrogen) atoms. The van der Waals surface area contributed by atoms with Crippen molar-refractivity contribution in [3.8, 4) is 5.88 Å². The van der Waals surface area contributed by atoms with Gasteiger partial charge in [0.2, 0.25) is 5.88 Å². The van der Waals surface area contributed by atoms with Crippen molar-refractivity contribution in [2.75, 3.05) is 0 Å². The molecule has 1 aromatic rings. The van der Waals surface area contributed by atoms with E-state index in [9.17, 15) is 0 Å². The standard InChI is InChI=1S/C11H16ClN3O/c1-3-4-7(2)16-11-9(12)8(10(13)14)5-6-15-11/h5-7H,3-4H2,1-2H3,(H3,13,14). The Hall–Kier alpha value is -1.29. The Kier molecular flexibility index (Phi) is 4.55. The van der Waals surface area contributed by atoms with E-state index >= 15 is 0 Å². The Labute approximate surface area is 100 Å². The van der Waals surface area contributed by atoms with Gasteiger partial charge in [0.05, 0.1) is 6.10 Å². The Morgan fingerprint density at radius 1 is 1.69 bits per heavy atom. The molecular weight excluding hydrogens is 226 g/mol. The third kappa shape index (κ3) is 3.10. The summed E-state index contributed by atoms with van der Waals surface area (Å²) in [6.45, 7) is 4.04. The molecule has 5 heteroatoms. The van der Waals surface area contributed by atoms with Gasteiger partial charge >= 0.3 is 0 Å². The lowest BCUT2D eigenvalue weighted by atomic mass is 10.2. The van der Waals surface area contributed by atoms with Crippen LogP contribution in [-0.4, -0.2) is 16.9 Å². The number of nitrogens with two attached hydrogens (primary N) is 1. The zero-order chi connectivity index (χ0) is 12.1. The van der Waals surface area contributed by atoms with E-state index in [0.717, 1.165) is 12.8 Å². The number of nitrogens with zero attached hydrogens (tertiary/aromatic N) is 1. The van der Waals surface area contributed by atoms with Gasteiger partial charge in [0.1, 0.15) is 10.9 Å². The molecule has 0 aliphatic heterocycles. The molecule has 0 bridgehead atoms. The van der Waals surface area contributed by atoms with Gasteiger partial charge in [0.25, 0.3) is 0 Å². The Morgan fingerprint density at radius 2 is 2.38 bits per heavy atom. The third-order valence-corrected chi connectivity index (χ3v) is 2.52. The van der Waals surface area contributed by atoms with E-state index in [-0.39, 0.29) is 11.9 Å². The summed E-state index contributed by atoms with van der Waals surface area (Å²) >= 11 is 6.04. The van der Waals surface area contributed by atoms with Gasteiger partial charge in [-0.25, -0.2) is 4.98 Å². The predicted octanol–water partition coefficient (Wildman–Crippen LogP) is 2.59. The highest BCUT2D eigenvalue weighted by Crippen LogP contribution is 2.26. The first-order valence-electron chi connectivity index (χ1n) is 5.21. The predicted molar refractivity (Wildman–Crippen MR) is 65.3 cm³/mol. The van der Waals surface area contributed by atoms with E-state index in [2.05, 4.69) is 11.9 Å². The zero-order valence-electron chi connectivity index (χ0n) is 9.46. The summed E-state index contributed by atoms with van der Waals surface area (Å²) in [7, 11) is 0. The molecule has 0 radical (unpaired) electrons. The van der Waals surface area contributed by atoms with Gasteiger partial charge in [-0.2, -0.15) is 0 Å². The van der Waals surface area contributed by atoms with Crippen LogP contribution in [0.1, 0.15) is 32.3 Å². The van der Waals surface area contributed by atoms with Crippen LogP contribution in [0.15, 0.2) is 12.3 Å². The normalized spacial score (nSPS) is 12.2. The molecule has 0 saturated carbocycles. The Balaban J connectivity index is 2.89. The summed E-state index contributed by atoms with van der Waals surface area (Å²) in [5.41, 5.74) is 5.84. The molecule has 88 valence electrons. The van der Waals surface area contributed by atoms with Crippen LogP contribution in [0.25, 0.3) is 0 Å². The van der Waals surface area contributed by atoms with Crippen LogP contribution < -0.4 is 10.5 Å². The average molecular weight is 242 g/mol. The van der Waals surface area contributed by atoms with Crippen LogP contribution in [0.5, 0.6) is 5.88 Å². The second kappa shape index (κ2) is 5.70. The third-order valence-electron chi connectivity index (χ3n) is 2.16. The second-order valence-electron chi connectivity index (χ2n) is 3.61. The molecule has 0 saturated heterocycles. The molecule has 1 rings (SSSR count). The highest BCUT2D eigenvalue weighted by Gasteiger charge is 2.13. The fraction of sp³-hybridized carbons (Fsp3) is 0.455. The van der Waals surface area contributed by atoms with Gasteiger partial charge in [-0.05, 0) is 19.4 Å². The molecule has 0 aromatic carbocycles. The molecule has 0 amide bonds. The first-order chi connectivity index (χ1) is 7.56. The number of nitrogen functional groups attached to an aromatic ring is 1. The summed E-state index contributed by atoms with van der Waals surface area (Å²) in [6, 6.07) is 1.60. The number of aromatic nitrogens is 1. The molecule has 1 atom stereocenters. The summed E-state index contributed by atoms with van der Waals surface area (Å²) in [5.74, 6) is 0.260. The SMILES string of the molecule is CCCC(C)Oc1nccc(C(=N)N)c1Cl. The maximum absolute atomic E-state index is 7.35. The highest BCUT2D eigenvalue weighted by molar-refractivity contribution is 6.35. The van der Waals surface area contributed by atoms with Crippen molar-refractivity contribution in [3.63, 3.8) is 0 Å². The van der Waals surface area contributed by atoms with Crippen LogP contribution in [0.4, 0.5) is 0 Å². The number of rotatable bonds is 5. The van der Waals surface area contributed by atoms with E-state index in [0.29, 0.717) is 16.5 Å². The first-order valence-corrected chi connectivity index (χ1v) is 5.59. The van der Waals surface area contributed by atoms with Gasteiger partial charge in [-0.1, -0.05) is 24.9 Å². The number of halogens is 1. The van der Waals surface area contributed by atoms with Crippen LogP contribution in [0, 0.1) is 5.41 Å². The lowest BCUT2D eigenvalue weighted by Crippen LogP contribution is -2.15. The first kappa shape index (κ1) is 12.8. The lowest BCUT2D eigenvalue weighted by Gasteiger charge is -2.14. The second-order valence-corrected chi connectivity index (χ2v) is 3.99. The van der Waals surface area contributed by atoms with Crippen molar-refractivity contribution in [2.24, 2.45) is 5.73 Å². The molecule has 0 aliphatic rings. The smallest absolute Gasteiger partial charge is 0.233 e. The maximum Gasteiger partial charge on any atom is 0.233 e. The minimum Gasteiger partial charge on any atom is -0.474 e. The minimum atomic E-state index is -0.0830. The van der Waals surface area contributed by atoms with Gasteiger partial charge in [-0.3, -0.25) is 5.41 Å². The largest absolute Gasteiger partial charge is 0.474 e. The van der Waals surface area contributed by atoms with Gasteiger partial charge < -0.3 is 10.5 Å². The lowest BCUT2D eigenvalue weighted by molar-refractivity contribution is 0.201. The van der Waals surface area contributed by atoms with Crippen molar-refractivity contribution in [2.45, 2.75) is 32.8 Å². The van der Waals surface area contributed by atoms with Gasteiger partial charge in [-0.15, -0.1) is 0 Å². The fourth-order valence-corrected chi connectivity index (χ4v) is 1.63. The van der Waals surface area contributed by atoms with Crippen LogP contribution >= 0.6 is 11.6 Å². The number of hydrogen-bond donors (Lipinski definition) is 2. The van der Waals surface area contributed by atoms with Crippen molar-refractivity contribution < 1.29 is 4.74 Å². The summed E-state index contributed by atoms with van der Waals surface area (Å²) in [6.07, 6.45) is 3.56. The van der Waals surface area contributed by atoms with Crippen LogP contribution in [0.3, 0.4) is 0 Å². The van der Waals surface area contributed by atoms with Crippen LogP contribution in [-0.2, 0) is 0 Å². The molecule has 3 N–H and O–H groups in total. The topological polar surface area (TPSA) is 72.0 Å². The highest BCUT2D eigenvalue weighted by atomic mass is 35.5. The van der Waals surface area contributed by atoms with Crippen LogP contribution in [0.2, 0.25) is 5.02 Å². The van der Waals surface area contributed by atoms with E-state index < -0.39 is 0 Å².